The van der Waals surface area contributed by atoms with Gasteiger partial charge in [-0.15, -0.1) is 0 Å². The van der Waals surface area contributed by atoms with Crippen molar-refractivity contribution in [2.24, 2.45) is 0 Å². The summed E-state index contributed by atoms with van der Waals surface area (Å²) in [6.07, 6.45) is 1.57. The molecule has 3 N–H and O–H groups in total. The average Bonchev–Trinajstić information content (AvgIpc) is 3.22. The first kappa shape index (κ1) is 21.7. The molecule has 3 heterocycles. The van der Waals surface area contributed by atoms with Crippen LogP contribution in [0.15, 0.2) is 48.5 Å². The van der Waals surface area contributed by atoms with Gasteiger partial charge in [0.25, 0.3) is 5.91 Å². The number of carbonyl (C=O) groups is 2. The summed E-state index contributed by atoms with van der Waals surface area (Å²) in [6.45, 7) is 1.16. The Morgan fingerprint density at radius 1 is 1.03 bits per heavy atom. The van der Waals surface area contributed by atoms with Crippen molar-refractivity contribution in [2.45, 2.75) is 37.5 Å². The number of aromatic nitrogens is 1. The Morgan fingerprint density at radius 3 is 2.42 bits per heavy atom. The van der Waals surface area contributed by atoms with Crippen LogP contribution in [-0.2, 0) is 11.2 Å². The van der Waals surface area contributed by atoms with Gasteiger partial charge in [-0.2, -0.15) is 0 Å². The maximum Gasteiger partial charge on any atom is 0.253 e. The summed E-state index contributed by atoms with van der Waals surface area (Å²) < 4.78 is 0. The molecule has 0 bridgehead atoms. The maximum absolute atomic E-state index is 12.9. The zero-order valence-corrected chi connectivity index (χ0v) is 19.0. The monoisotopic (exact) mass is 446 g/mol. The first-order valence-corrected chi connectivity index (χ1v) is 11.6. The van der Waals surface area contributed by atoms with Gasteiger partial charge in [0.05, 0.1) is 18.2 Å². The number of rotatable bonds is 3. The molecule has 0 unspecified atom stereocenters. The number of H-pyrrole nitrogens is 1. The van der Waals surface area contributed by atoms with Crippen LogP contribution in [-0.4, -0.2) is 71.0 Å². The maximum atomic E-state index is 12.9. The normalized spacial score (nSPS) is 21.1. The fraction of sp³-hybridized carbons (Fsp3) is 0.385. The van der Waals surface area contributed by atoms with Crippen molar-refractivity contribution in [3.63, 3.8) is 0 Å². The van der Waals surface area contributed by atoms with Crippen LogP contribution >= 0.6 is 0 Å². The molecule has 1 fully saturated rings. The van der Waals surface area contributed by atoms with E-state index in [9.17, 15) is 14.7 Å². The third-order valence-corrected chi connectivity index (χ3v) is 6.89. The number of para-hydroxylation sites is 1. The molecular formula is C26H30N4O3. The molecule has 7 heteroatoms. The molecule has 2 amide bonds. The summed E-state index contributed by atoms with van der Waals surface area (Å²) >= 11 is 0. The lowest BCUT2D eigenvalue weighted by Crippen LogP contribution is -2.49. The number of carbonyl (C=O) groups excluding carboxylic acids is 2. The summed E-state index contributed by atoms with van der Waals surface area (Å²) in [4.78, 5) is 32.8. The fourth-order valence-electron chi connectivity index (χ4n) is 5.04. The highest BCUT2D eigenvalue weighted by Crippen LogP contribution is 2.35. The van der Waals surface area contributed by atoms with E-state index < -0.39 is 0 Å². The van der Waals surface area contributed by atoms with E-state index in [4.69, 9.17) is 0 Å². The molecule has 3 aromatic rings. The number of aliphatic hydroxyl groups is 1. The SMILES string of the molecule is CN(C)C(=O)[C@H]1Cc2c([nH]c3ccccc23)[C@H](c2ccc(C(=O)N3CCC(O)CC3)cc2)N1. The van der Waals surface area contributed by atoms with Crippen molar-refractivity contribution in [1.29, 1.82) is 0 Å². The van der Waals surface area contributed by atoms with Gasteiger partial charge in [-0.25, -0.2) is 0 Å². The minimum atomic E-state index is -0.321. The van der Waals surface area contributed by atoms with E-state index in [-0.39, 0.29) is 30.0 Å². The van der Waals surface area contributed by atoms with E-state index in [1.807, 2.05) is 41.3 Å². The number of likely N-dealkylation sites (N-methyl/N-ethyl adjacent to an activating group) is 1. The van der Waals surface area contributed by atoms with Crippen LogP contribution in [0.25, 0.3) is 10.9 Å². The minimum absolute atomic E-state index is 0.00276. The zero-order chi connectivity index (χ0) is 23.1. The second-order valence-corrected chi connectivity index (χ2v) is 9.30. The van der Waals surface area contributed by atoms with Gasteiger partial charge in [-0.3, -0.25) is 14.9 Å². The molecule has 2 aliphatic rings. The minimum Gasteiger partial charge on any atom is -0.393 e. The van der Waals surface area contributed by atoms with Gasteiger partial charge in [-0.05, 0) is 48.6 Å². The third kappa shape index (κ3) is 4.03. The highest BCUT2D eigenvalue weighted by atomic mass is 16.3. The van der Waals surface area contributed by atoms with Gasteiger partial charge in [0, 0.05) is 49.3 Å². The Hall–Kier alpha value is -3.16. The standard InChI is InChI=1S/C26H30N4O3/c1-29(2)26(33)22-15-20-19-5-3-4-6-21(19)27-24(20)23(28-22)16-7-9-17(10-8-16)25(32)30-13-11-18(31)12-14-30/h3-10,18,22-23,27-28,31H,11-15H2,1-2H3/t22-,23+/m1/s1. The first-order chi connectivity index (χ1) is 15.9. The molecule has 0 spiro atoms. The van der Waals surface area contributed by atoms with Gasteiger partial charge in [-0.1, -0.05) is 30.3 Å². The summed E-state index contributed by atoms with van der Waals surface area (Å²) in [5.41, 5.74) is 4.95. The third-order valence-electron chi connectivity index (χ3n) is 6.89. The second kappa shape index (κ2) is 8.65. The van der Waals surface area contributed by atoms with Crippen molar-refractivity contribution >= 4 is 22.7 Å². The highest BCUT2D eigenvalue weighted by molar-refractivity contribution is 5.94. The molecule has 33 heavy (non-hydrogen) atoms. The fourth-order valence-corrected chi connectivity index (χ4v) is 5.04. The second-order valence-electron chi connectivity index (χ2n) is 9.30. The molecule has 2 aliphatic heterocycles. The number of amides is 2. The topological polar surface area (TPSA) is 88.7 Å². The predicted molar refractivity (Wildman–Crippen MR) is 127 cm³/mol. The molecule has 1 aromatic heterocycles. The van der Waals surface area contributed by atoms with Crippen molar-refractivity contribution in [3.8, 4) is 0 Å². The Kier molecular flexibility index (Phi) is 5.68. The number of hydrogen-bond acceptors (Lipinski definition) is 4. The molecule has 2 atom stereocenters. The average molecular weight is 447 g/mol. The zero-order valence-electron chi connectivity index (χ0n) is 19.0. The van der Waals surface area contributed by atoms with E-state index in [0.29, 0.717) is 37.9 Å². The molecule has 172 valence electrons. The summed E-state index contributed by atoms with van der Waals surface area (Å²) in [5, 5.41) is 14.4. The smallest absolute Gasteiger partial charge is 0.253 e. The van der Waals surface area contributed by atoms with Gasteiger partial charge in [0.15, 0.2) is 0 Å². The van der Waals surface area contributed by atoms with Crippen molar-refractivity contribution in [1.82, 2.24) is 20.1 Å². The van der Waals surface area contributed by atoms with Crippen LogP contribution < -0.4 is 5.32 Å². The number of aromatic amines is 1. The Balaban J connectivity index is 1.46. The number of piperidine rings is 1. The number of nitrogens with one attached hydrogen (secondary N) is 2. The predicted octanol–water partition coefficient (Wildman–Crippen LogP) is 2.46. The number of fused-ring (bicyclic) bond motifs is 3. The molecular weight excluding hydrogens is 416 g/mol. The Labute approximate surface area is 193 Å². The molecule has 0 radical (unpaired) electrons. The van der Waals surface area contributed by atoms with Crippen LogP contribution in [0.5, 0.6) is 0 Å². The van der Waals surface area contributed by atoms with E-state index in [2.05, 4.69) is 22.4 Å². The molecule has 7 nitrogen and oxygen atoms in total. The van der Waals surface area contributed by atoms with E-state index in [1.54, 1.807) is 19.0 Å². The lowest BCUT2D eigenvalue weighted by molar-refractivity contribution is -0.131. The highest BCUT2D eigenvalue weighted by Gasteiger charge is 2.34. The van der Waals surface area contributed by atoms with Crippen LogP contribution in [0.2, 0.25) is 0 Å². The number of nitrogens with zero attached hydrogens (tertiary/aromatic N) is 2. The van der Waals surface area contributed by atoms with E-state index in [1.165, 1.54) is 5.56 Å². The quantitative estimate of drug-likeness (QED) is 0.577. The largest absolute Gasteiger partial charge is 0.393 e. The van der Waals surface area contributed by atoms with Crippen molar-refractivity contribution < 1.29 is 14.7 Å². The van der Waals surface area contributed by atoms with E-state index >= 15 is 0 Å². The summed E-state index contributed by atoms with van der Waals surface area (Å²) in [5.74, 6) is 0.0482. The van der Waals surface area contributed by atoms with Gasteiger partial charge < -0.3 is 19.9 Å². The lowest BCUT2D eigenvalue weighted by atomic mass is 9.89. The Bertz CT molecular complexity index is 1180. The molecule has 2 aromatic carbocycles. The number of benzene rings is 2. The van der Waals surface area contributed by atoms with E-state index in [0.717, 1.165) is 22.2 Å². The van der Waals surface area contributed by atoms with Gasteiger partial charge >= 0.3 is 0 Å². The van der Waals surface area contributed by atoms with Crippen LogP contribution in [0, 0.1) is 0 Å². The van der Waals surface area contributed by atoms with Crippen LogP contribution in [0.4, 0.5) is 0 Å². The molecule has 5 rings (SSSR count). The molecule has 0 saturated carbocycles. The van der Waals surface area contributed by atoms with Gasteiger partial charge in [0.1, 0.15) is 0 Å². The van der Waals surface area contributed by atoms with Crippen molar-refractivity contribution in [2.75, 3.05) is 27.2 Å². The first-order valence-electron chi connectivity index (χ1n) is 11.6. The Morgan fingerprint density at radius 2 is 1.73 bits per heavy atom. The van der Waals surface area contributed by atoms with Crippen LogP contribution in [0.1, 0.15) is 46.1 Å². The lowest BCUT2D eigenvalue weighted by Gasteiger charge is -2.32. The summed E-state index contributed by atoms with van der Waals surface area (Å²) in [6, 6.07) is 15.4. The van der Waals surface area contributed by atoms with Crippen molar-refractivity contribution in [3.05, 3.63) is 70.9 Å². The van der Waals surface area contributed by atoms with Crippen LogP contribution in [0.3, 0.4) is 0 Å². The molecule has 1 saturated heterocycles. The number of hydrogen-bond donors (Lipinski definition) is 3. The number of likely N-dealkylation sites (tertiary alicyclic amines) is 1. The number of aliphatic hydroxyl groups excluding tert-OH is 1. The molecule has 0 aliphatic carbocycles. The van der Waals surface area contributed by atoms with Gasteiger partial charge in [0.2, 0.25) is 5.91 Å². The summed E-state index contributed by atoms with van der Waals surface area (Å²) in [7, 11) is 3.56.